The number of thioether (sulfide) groups is 1. The molecular weight excluding hydrogens is 816 g/mol. The summed E-state index contributed by atoms with van der Waals surface area (Å²) in [7, 11) is 0. The van der Waals surface area contributed by atoms with Crippen molar-refractivity contribution in [3.8, 4) is 17.0 Å². The van der Waals surface area contributed by atoms with Gasteiger partial charge >= 0.3 is 17.6 Å². The van der Waals surface area contributed by atoms with E-state index in [0.29, 0.717) is 39.9 Å². The maximum atomic E-state index is 13.4. The molecular formula is C35H26I2NO4S2+. The van der Waals surface area contributed by atoms with Crippen molar-refractivity contribution >= 4 is 79.7 Å². The normalized spacial score (nSPS) is 10.8. The molecule has 1 heterocycles. The van der Waals surface area contributed by atoms with E-state index in [1.807, 2.05) is 87.5 Å². The first-order valence-electron chi connectivity index (χ1n) is 13.6. The Balaban J connectivity index is 1.58. The summed E-state index contributed by atoms with van der Waals surface area (Å²) in [6.07, 6.45) is 2.19. The summed E-state index contributed by atoms with van der Waals surface area (Å²) >= 11 is 6.05. The second kappa shape index (κ2) is 14.4. The maximum absolute atomic E-state index is 13.4. The lowest BCUT2D eigenvalue weighted by atomic mass is 9.94. The van der Waals surface area contributed by atoms with E-state index < -0.39 is 5.97 Å². The lowest BCUT2D eigenvalue weighted by Gasteiger charge is -2.16. The van der Waals surface area contributed by atoms with E-state index in [4.69, 9.17) is 4.74 Å². The Labute approximate surface area is 292 Å². The molecule has 0 N–H and O–H groups in total. The molecule has 0 aliphatic heterocycles. The van der Waals surface area contributed by atoms with Crippen LogP contribution < -0.4 is 4.74 Å². The van der Waals surface area contributed by atoms with Crippen molar-refractivity contribution in [2.45, 2.75) is 37.0 Å². The number of rotatable bonds is 8. The number of ether oxygens (including phenoxy) is 1. The van der Waals surface area contributed by atoms with E-state index >= 15 is 0 Å². The van der Waals surface area contributed by atoms with Crippen LogP contribution in [-0.2, 0) is 22.3 Å². The van der Waals surface area contributed by atoms with Gasteiger partial charge in [0.2, 0.25) is 5.12 Å². The van der Waals surface area contributed by atoms with Crippen molar-refractivity contribution in [1.82, 2.24) is 4.98 Å². The Kier molecular flexibility index (Phi) is 10.6. The zero-order chi connectivity index (χ0) is 31.4. The van der Waals surface area contributed by atoms with Crippen LogP contribution in [0.1, 0.15) is 48.5 Å². The van der Waals surface area contributed by atoms with E-state index in [9.17, 15) is 13.8 Å². The van der Waals surface area contributed by atoms with Crippen molar-refractivity contribution in [2.24, 2.45) is 0 Å². The van der Waals surface area contributed by atoms with Gasteiger partial charge in [0.25, 0.3) is 4.90 Å². The first-order chi connectivity index (χ1) is 21.1. The van der Waals surface area contributed by atoms with Crippen LogP contribution in [0.3, 0.4) is 0 Å². The van der Waals surface area contributed by atoms with Crippen LogP contribution in [0, 0.1) is 27.9 Å². The number of nitrogens with zero attached hydrogens (tertiary/aromatic N) is 1. The number of halogens is 2. The number of aryl methyl sites for hydroxylation is 2. The summed E-state index contributed by atoms with van der Waals surface area (Å²) in [5, 5.41) is -0.0794. The van der Waals surface area contributed by atoms with E-state index in [1.54, 1.807) is 24.4 Å². The number of aromatic nitrogens is 1. The molecule has 1 aromatic heterocycles. The van der Waals surface area contributed by atoms with Crippen LogP contribution in [0.4, 0.5) is 0 Å². The number of carbonyl (C=O) groups excluding carboxylic acids is 2. The van der Waals surface area contributed by atoms with Gasteiger partial charge in [0, 0.05) is 44.7 Å². The molecule has 0 amide bonds. The third-order valence-electron chi connectivity index (χ3n) is 7.11. The Morgan fingerprint density at radius 3 is 2.18 bits per heavy atom. The molecule has 0 atom stereocenters. The highest BCUT2D eigenvalue weighted by Crippen LogP contribution is 2.37. The molecule has 5 aromatic rings. The number of hydrogen-bond acceptors (Lipinski definition) is 6. The molecule has 5 rings (SSSR count). The van der Waals surface area contributed by atoms with Crippen LogP contribution in [0.5, 0.6) is 5.75 Å². The van der Waals surface area contributed by atoms with Gasteiger partial charge in [-0.1, -0.05) is 17.7 Å². The van der Waals surface area contributed by atoms with Crippen LogP contribution in [-0.4, -0.2) is 16.1 Å². The van der Waals surface area contributed by atoms with Gasteiger partial charge in [0.15, 0.2) is 0 Å². The van der Waals surface area contributed by atoms with Crippen molar-refractivity contribution in [3.63, 3.8) is 0 Å². The zero-order valence-electron chi connectivity index (χ0n) is 24.0. The van der Waals surface area contributed by atoms with Gasteiger partial charge in [-0.3, -0.25) is 9.78 Å². The molecule has 220 valence electrons. The van der Waals surface area contributed by atoms with Gasteiger partial charge in [-0.05, 0) is 168 Å². The highest BCUT2D eigenvalue weighted by Gasteiger charge is 2.25. The predicted octanol–water partition coefficient (Wildman–Crippen LogP) is 9.41. The highest BCUT2D eigenvalue weighted by molar-refractivity contribution is 14.1. The zero-order valence-corrected chi connectivity index (χ0v) is 30.0. The molecule has 0 radical (unpaired) electrons. The molecule has 0 unspecified atom stereocenters. The van der Waals surface area contributed by atoms with E-state index in [0.717, 1.165) is 62.9 Å². The third kappa shape index (κ3) is 7.61. The average Bonchev–Trinajstić information content (AvgIpc) is 3.00. The van der Waals surface area contributed by atoms with Crippen LogP contribution >= 0.6 is 56.9 Å². The average molecular weight is 843 g/mol. The fourth-order valence-corrected chi connectivity index (χ4v) is 6.92. The van der Waals surface area contributed by atoms with Gasteiger partial charge in [0.1, 0.15) is 5.75 Å². The lowest BCUT2D eigenvalue weighted by molar-refractivity contribution is 0.0734. The largest absolute Gasteiger partial charge is 0.505 e. The Morgan fingerprint density at radius 1 is 0.841 bits per heavy atom. The molecule has 0 aliphatic carbocycles. The Hall–Kier alpha value is -3.00. The summed E-state index contributed by atoms with van der Waals surface area (Å²) in [6, 6.07) is 26.1. The molecule has 0 aliphatic rings. The fraction of sp³-hybridized carbons (Fsp3) is 0.114. The number of esters is 1. The van der Waals surface area contributed by atoms with E-state index in [1.165, 1.54) is 0 Å². The van der Waals surface area contributed by atoms with Crippen LogP contribution in [0.25, 0.3) is 11.3 Å². The van der Waals surface area contributed by atoms with Crippen LogP contribution in [0.15, 0.2) is 101 Å². The number of carbonyl (C=O) groups is 2. The number of hydrogen-bond donors (Lipinski definition) is 0. The SMILES string of the molecule is Cc1ccc(C(=O)Oc2ccc(-c3ccc(I)cn3)c(Cc3c(SC(=O)c4ccc(I)cc4)cc(C)c([S+]=O)c3C)c2)cc1. The van der Waals surface area contributed by atoms with Crippen molar-refractivity contribution in [3.05, 3.63) is 137 Å². The lowest BCUT2D eigenvalue weighted by Crippen LogP contribution is -2.09. The first-order valence-corrected chi connectivity index (χ1v) is 17.3. The van der Waals surface area contributed by atoms with Crippen LogP contribution in [0.2, 0.25) is 0 Å². The van der Waals surface area contributed by atoms with Crippen molar-refractivity contribution in [1.29, 1.82) is 0 Å². The minimum absolute atomic E-state index is 0.0794. The number of benzene rings is 4. The molecule has 44 heavy (non-hydrogen) atoms. The maximum Gasteiger partial charge on any atom is 0.505 e. The molecule has 0 bridgehead atoms. The summed E-state index contributed by atoms with van der Waals surface area (Å²) in [4.78, 5) is 32.4. The van der Waals surface area contributed by atoms with Crippen molar-refractivity contribution in [2.75, 3.05) is 0 Å². The fourth-order valence-electron chi connectivity index (χ4n) is 4.76. The van der Waals surface area contributed by atoms with Gasteiger partial charge in [-0.2, -0.15) is 0 Å². The Bertz CT molecular complexity index is 1870. The summed E-state index contributed by atoms with van der Waals surface area (Å²) in [6.45, 7) is 5.78. The molecule has 0 saturated carbocycles. The number of pyridine rings is 1. The van der Waals surface area contributed by atoms with E-state index in [2.05, 4.69) is 50.2 Å². The quantitative estimate of drug-likeness (QED) is 0.0510. The standard InChI is InChI=1S/C35H26I2NO4S2/c1-20-4-6-23(7-5-20)34(39)42-28-13-14-29(31-15-12-27(37)19-38-31)25(17-28)18-30-22(3)33(44-41)21(2)16-32(30)43-35(40)24-8-10-26(36)11-9-24/h4-17,19H,18H2,1-3H3/q+1. The molecule has 0 saturated heterocycles. The van der Waals surface area contributed by atoms with Crippen molar-refractivity contribution < 1.29 is 18.5 Å². The molecule has 9 heteroatoms. The monoisotopic (exact) mass is 842 g/mol. The summed E-state index contributed by atoms with van der Waals surface area (Å²) < 4.78 is 20.1. The third-order valence-corrected chi connectivity index (χ3v) is 10.3. The second-order valence-corrected chi connectivity index (χ2v) is 14.3. The van der Waals surface area contributed by atoms with Gasteiger partial charge in [-0.15, -0.1) is 0 Å². The molecule has 5 nitrogen and oxygen atoms in total. The predicted molar refractivity (Wildman–Crippen MR) is 193 cm³/mol. The van der Waals surface area contributed by atoms with Gasteiger partial charge in [0.05, 0.1) is 11.3 Å². The second-order valence-electron chi connectivity index (χ2n) is 10.2. The molecule has 0 fully saturated rings. The Morgan fingerprint density at radius 2 is 1.52 bits per heavy atom. The van der Waals surface area contributed by atoms with Gasteiger partial charge in [-0.25, -0.2) is 4.79 Å². The first kappa shape index (κ1) is 32.4. The smallest absolute Gasteiger partial charge is 0.423 e. The molecule has 0 spiro atoms. The summed E-state index contributed by atoms with van der Waals surface area (Å²) in [5.41, 5.74) is 7.12. The minimum atomic E-state index is -0.452. The highest BCUT2D eigenvalue weighted by atomic mass is 127. The van der Waals surface area contributed by atoms with E-state index in [-0.39, 0.29) is 5.12 Å². The van der Waals surface area contributed by atoms with Gasteiger partial charge < -0.3 is 4.74 Å². The summed E-state index contributed by atoms with van der Waals surface area (Å²) in [5.74, 6) is -0.0563. The molecule has 4 aromatic carbocycles. The minimum Gasteiger partial charge on any atom is -0.423 e. The topological polar surface area (TPSA) is 73.3 Å².